The van der Waals surface area contributed by atoms with E-state index in [2.05, 4.69) is 15.6 Å². The molecule has 0 bridgehead atoms. The Hall–Kier alpha value is -4.04. The van der Waals surface area contributed by atoms with E-state index in [-0.39, 0.29) is 24.2 Å². The summed E-state index contributed by atoms with van der Waals surface area (Å²) in [6, 6.07) is 20.6. The number of halogens is 1. The van der Waals surface area contributed by atoms with Crippen LogP contribution in [0.2, 0.25) is 0 Å². The van der Waals surface area contributed by atoms with Gasteiger partial charge in [-0.2, -0.15) is 0 Å². The first-order valence-corrected chi connectivity index (χ1v) is 11.4. The molecule has 0 radical (unpaired) electrons. The highest BCUT2D eigenvalue weighted by Gasteiger charge is 2.11. The highest BCUT2D eigenvalue weighted by atomic mass is 32.1. The second-order valence-corrected chi connectivity index (χ2v) is 8.40. The van der Waals surface area contributed by atoms with Gasteiger partial charge in [-0.15, -0.1) is 11.3 Å². The number of carbonyl (C=O) groups is 2. The molecule has 0 unspecified atom stereocenters. The van der Waals surface area contributed by atoms with Crippen molar-refractivity contribution in [3.63, 3.8) is 0 Å². The molecule has 34 heavy (non-hydrogen) atoms. The molecule has 2 amide bonds. The van der Waals surface area contributed by atoms with Crippen molar-refractivity contribution in [1.29, 1.82) is 0 Å². The average molecular weight is 476 g/mol. The smallest absolute Gasteiger partial charge is 0.257 e. The standard InChI is InChI=1S/C26H22FN3O3S/c1-17(31)28-14-18-5-9-20(10-6-18)24-16-34-26(29-24)30-25(32)21-3-2-4-23(13-21)33-15-19-7-11-22(27)12-8-19/h2-13,16H,14-15H2,1H3,(H,28,31)(H,29,30,32). The van der Waals surface area contributed by atoms with E-state index in [1.54, 1.807) is 36.4 Å². The predicted octanol–water partition coefficient (Wildman–Crippen LogP) is 5.42. The molecule has 2 N–H and O–H groups in total. The third kappa shape index (κ3) is 6.26. The SMILES string of the molecule is CC(=O)NCc1ccc(-c2csc(NC(=O)c3cccc(OCc4ccc(F)cc4)c3)n2)cc1. The minimum atomic E-state index is -0.299. The Morgan fingerprint density at radius 3 is 2.47 bits per heavy atom. The maximum absolute atomic E-state index is 13.0. The van der Waals surface area contributed by atoms with Crippen molar-refractivity contribution in [3.8, 4) is 17.0 Å². The molecular weight excluding hydrogens is 453 g/mol. The molecule has 0 aliphatic carbocycles. The summed E-state index contributed by atoms with van der Waals surface area (Å²) in [5.41, 5.74) is 3.93. The number of anilines is 1. The van der Waals surface area contributed by atoms with Gasteiger partial charge in [-0.05, 0) is 41.5 Å². The molecule has 6 nitrogen and oxygen atoms in total. The summed E-state index contributed by atoms with van der Waals surface area (Å²) in [5, 5.41) is 7.95. The zero-order chi connectivity index (χ0) is 23.9. The van der Waals surface area contributed by atoms with E-state index >= 15 is 0 Å². The molecule has 0 aliphatic rings. The van der Waals surface area contributed by atoms with Crippen molar-refractivity contribution in [1.82, 2.24) is 10.3 Å². The summed E-state index contributed by atoms with van der Waals surface area (Å²) in [4.78, 5) is 28.3. The second-order valence-electron chi connectivity index (χ2n) is 7.54. The van der Waals surface area contributed by atoms with Gasteiger partial charge in [0.05, 0.1) is 5.69 Å². The van der Waals surface area contributed by atoms with Crippen LogP contribution in [-0.2, 0) is 17.9 Å². The minimum absolute atomic E-state index is 0.0751. The highest BCUT2D eigenvalue weighted by molar-refractivity contribution is 7.14. The molecule has 172 valence electrons. The third-order valence-corrected chi connectivity index (χ3v) is 5.69. The fourth-order valence-corrected chi connectivity index (χ4v) is 3.84. The van der Waals surface area contributed by atoms with E-state index in [1.165, 1.54) is 30.4 Å². The number of aromatic nitrogens is 1. The van der Waals surface area contributed by atoms with Crippen LogP contribution >= 0.6 is 11.3 Å². The lowest BCUT2D eigenvalue weighted by atomic mass is 10.1. The van der Waals surface area contributed by atoms with Crippen LogP contribution in [0, 0.1) is 5.82 Å². The third-order valence-electron chi connectivity index (χ3n) is 4.93. The predicted molar refractivity (Wildman–Crippen MR) is 130 cm³/mol. The molecule has 1 aromatic heterocycles. The first-order valence-electron chi connectivity index (χ1n) is 10.5. The minimum Gasteiger partial charge on any atom is -0.489 e. The molecule has 4 rings (SSSR count). The fraction of sp³-hybridized carbons (Fsp3) is 0.115. The van der Waals surface area contributed by atoms with E-state index in [0.29, 0.717) is 23.0 Å². The van der Waals surface area contributed by atoms with Gasteiger partial charge in [0.1, 0.15) is 18.2 Å². The zero-order valence-corrected chi connectivity index (χ0v) is 19.2. The Morgan fingerprint density at radius 1 is 1.00 bits per heavy atom. The Morgan fingerprint density at radius 2 is 1.74 bits per heavy atom. The van der Waals surface area contributed by atoms with Gasteiger partial charge in [0, 0.05) is 30.0 Å². The van der Waals surface area contributed by atoms with Crippen LogP contribution in [0.5, 0.6) is 5.75 Å². The Kier molecular flexibility index (Phi) is 7.29. The monoisotopic (exact) mass is 475 g/mol. The quantitative estimate of drug-likeness (QED) is 0.357. The van der Waals surface area contributed by atoms with Crippen molar-refractivity contribution in [2.75, 3.05) is 5.32 Å². The van der Waals surface area contributed by atoms with Crippen molar-refractivity contribution < 1.29 is 18.7 Å². The summed E-state index contributed by atoms with van der Waals surface area (Å²) in [7, 11) is 0. The first-order chi connectivity index (χ1) is 16.5. The number of amides is 2. The molecule has 0 aliphatic heterocycles. The summed E-state index contributed by atoms with van der Waals surface area (Å²) < 4.78 is 18.8. The molecular formula is C26H22FN3O3S. The van der Waals surface area contributed by atoms with Crippen molar-refractivity contribution in [3.05, 3.63) is 101 Å². The van der Waals surface area contributed by atoms with Crippen molar-refractivity contribution >= 4 is 28.3 Å². The second kappa shape index (κ2) is 10.7. The summed E-state index contributed by atoms with van der Waals surface area (Å²) in [6.45, 7) is 2.22. The first kappa shape index (κ1) is 23.1. The maximum Gasteiger partial charge on any atom is 0.257 e. The Labute approximate surface area is 200 Å². The Bertz CT molecular complexity index is 1290. The number of benzene rings is 3. The van der Waals surface area contributed by atoms with E-state index in [9.17, 15) is 14.0 Å². The van der Waals surface area contributed by atoms with E-state index in [0.717, 1.165) is 22.4 Å². The van der Waals surface area contributed by atoms with Gasteiger partial charge < -0.3 is 10.1 Å². The molecule has 4 aromatic rings. The molecule has 0 saturated carbocycles. The summed E-state index contributed by atoms with van der Waals surface area (Å²) >= 11 is 1.34. The van der Waals surface area contributed by atoms with Crippen LogP contribution in [0.25, 0.3) is 11.3 Å². The van der Waals surface area contributed by atoms with Crippen LogP contribution in [-0.4, -0.2) is 16.8 Å². The lowest BCUT2D eigenvalue weighted by Gasteiger charge is -2.08. The van der Waals surface area contributed by atoms with E-state index in [4.69, 9.17) is 4.74 Å². The number of rotatable bonds is 8. The topological polar surface area (TPSA) is 80.3 Å². The number of thiazole rings is 1. The Balaban J connectivity index is 1.36. The number of hydrogen-bond donors (Lipinski definition) is 2. The van der Waals surface area contributed by atoms with Crippen LogP contribution in [0.15, 0.2) is 78.2 Å². The molecule has 0 atom stereocenters. The lowest BCUT2D eigenvalue weighted by Crippen LogP contribution is -2.18. The lowest BCUT2D eigenvalue weighted by molar-refractivity contribution is -0.119. The molecule has 0 saturated heterocycles. The number of ether oxygens (including phenoxy) is 1. The molecule has 0 fully saturated rings. The van der Waals surface area contributed by atoms with Gasteiger partial charge in [0.25, 0.3) is 5.91 Å². The molecule has 8 heteroatoms. The zero-order valence-electron chi connectivity index (χ0n) is 18.4. The highest BCUT2D eigenvalue weighted by Crippen LogP contribution is 2.26. The average Bonchev–Trinajstić information content (AvgIpc) is 3.31. The van der Waals surface area contributed by atoms with Gasteiger partial charge in [0.15, 0.2) is 5.13 Å². The largest absolute Gasteiger partial charge is 0.489 e. The van der Waals surface area contributed by atoms with Gasteiger partial charge in [-0.25, -0.2) is 9.37 Å². The van der Waals surface area contributed by atoms with Crippen LogP contribution < -0.4 is 15.4 Å². The molecule has 3 aromatic carbocycles. The molecule has 1 heterocycles. The number of nitrogens with one attached hydrogen (secondary N) is 2. The maximum atomic E-state index is 13.0. The van der Waals surface area contributed by atoms with Crippen LogP contribution in [0.1, 0.15) is 28.4 Å². The van der Waals surface area contributed by atoms with Gasteiger partial charge in [0.2, 0.25) is 5.91 Å². The normalized spacial score (nSPS) is 10.5. The van der Waals surface area contributed by atoms with Gasteiger partial charge >= 0.3 is 0 Å². The van der Waals surface area contributed by atoms with E-state index < -0.39 is 0 Å². The van der Waals surface area contributed by atoms with Crippen LogP contribution in [0.3, 0.4) is 0 Å². The van der Waals surface area contributed by atoms with Crippen LogP contribution in [0.4, 0.5) is 9.52 Å². The number of hydrogen-bond acceptors (Lipinski definition) is 5. The van der Waals surface area contributed by atoms with Gasteiger partial charge in [-0.3, -0.25) is 14.9 Å². The molecule has 0 spiro atoms. The van der Waals surface area contributed by atoms with Gasteiger partial charge in [-0.1, -0.05) is 42.5 Å². The summed E-state index contributed by atoms with van der Waals surface area (Å²) in [5.74, 6) is -0.129. The fourth-order valence-electron chi connectivity index (χ4n) is 3.13. The number of carbonyl (C=O) groups excluding carboxylic acids is 2. The van der Waals surface area contributed by atoms with Crippen molar-refractivity contribution in [2.24, 2.45) is 0 Å². The number of nitrogens with zero attached hydrogens (tertiary/aromatic N) is 1. The van der Waals surface area contributed by atoms with Crippen molar-refractivity contribution in [2.45, 2.75) is 20.1 Å². The summed E-state index contributed by atoms with van der Waals surface area (Å²) in [6.07, 6.45) is 0. The van der Waals surface area contributed by atoms with E-state index in [1.807, 2.05) is 29.6 Å².